The largest absolute Gasteiger partial charge is 0.336 e. The van der Waals surface area contributed by atoms with Gasteiger partial charge >= 0.3 is 0 Å². The van der Waals surface area contributed by atoms with E-state index in [-0.39, 0.29) is 5.91 Å². The van der Waals surface area contributed by atoms with Crippen LogP contribution in [0.2, 0.25) is 0 Å². The molecule has 1 aliphatic heterocycles. The molecule has 0 atom stereocenters. The highest BCUT2D eigenvalue weighted by atomic mass is 79.9. The molecule has 1 aromatic carbocycles. The number of rotatable bonds is 4. The highest BCUT2D eigenvalue weighted by molar-refractivity contribution is 9.10. The summed E-state index contributed by atoms with van der Waals surface area (Å²) in [7, 11) is 1.82. The molecule has 0 bridgehead atoms. The lowest BCUT2D eigenvalue weighted by Crippen LogP contribution is -2.51. The zero-order valence-corrected chi connectivity index (χ0v) is 15.4. The lowest BCUT2D eigenvalue weighted by atomic mass is 9.99. The van der Waals surface area contributed by atoms with Crippen LogP contribution in [0.1, 0.15) is 10.5 Å². The number of hydrogen-bond acceptors (Lipinski definition) is 3. The Hall–Kier alpha value is -2.41. The summed E-state index contributed by atoms with van der Waals surface area (Å²) in [6, 6.07) is 11.8. The molecule has 0 unspecified atom stereocenters. The van der Waals surface area contributed by atoms with Crippen molar-refractivity contribution in [2.45, 2.75) is 6.54 Å². The van der Waals surface area contributed by atoms with Gasteiger partial charge in [0, 0.05) is 44.4 Å². The minimum atomic E-state index is 0.0371. The van der Waals surface area contributed by atoms with E-state index in [0.717, 1.165) is 35.4 Å². The van der Waals surface area contributed by atoms with Crippen molar-refractivity contribution in [3.05, 3.63) is 59.0 Å². The van der Waals surface area contributed by atoms with Crippen molar-refractivity contribution in [2.75, 3.05) is 13.1 Å². The molecule has 7 heteroatoms. The zero-order valence-electron chi connectivity index (χ0n) is 13.8. The monoisotopic (exact) mass is 399 g/mol. The summed E-state index contributed by atoms with van der Waals surface area (Å²) in [5.74, 6) is 0.479. The standard InChI is InChI=1S/C18H18BrN5O/c1-22-17(7-16(21-22)14-5-3-2-4-6-14)18(25)23-9-13(10-23)11-24-12-15(19)8-20-24/h2-8,12-13H,9-11H2,1H3. The first-order valence-electron chi connectivity index (χ1n) is 8.17. The molecule has 1 saturated heterocycles. The second-order valence-electron chi connectivity index (χ2n) is 6.36. The minimum Gasteiger partial charge on any atom is -0.336 e. The first kappa shape index (κ1) is 16.1. The topological polar surface area (TPSA) is 56.0 Å². The van der Waals surface area contributed by atoms with Gasteiger partial charge < -0.3 is 4.90 Å². The van der Waals surface area contributed by atoms with E-state index in [0.29, 0.717) is 11.6 Å². The first-order valence-corrected chi connectivity index (χ1v) is 8.96. The third-order valence-electron chi connectivity index (χ3n) is 4.46. The number of benzene rings is 1. The van der Waals surface area contributed by atoms with Crippen molar-refractivity contribution in [1.29, 1.82) is 0 Å². The zero-order chi connectivity index (χ0) is 17.4. The van der Waals surface area contributed by atoms with Crippen LogP contribution < -0.4 is 0 Å². The molecule has 4 rings (SSSR count). The average Bonchev–Trinajstić information content (AvgIpc) is 3.16. The molecule has 1 amide bonds. The number of likely N-dealkylation sites (tertiary alicyclic amines) is 1. The third kappa shape index (κ3) is 3.24. The molecule has 0 saturated carbocycles. The third-order valence-corrected chi connectivity index (χ3v) is 4.87. The molecule has 2 aromatic heterocycles. The van der Waals surface area contributed by atoms with Crippen LogP contribution in [0.3, 0.4) is 0 Å². The Bertz CT molecular complexity index is 895. The predicted molar refractivity (Wildman–Crippen MR) is 98.0 cm³/mol. The second kappa shape index (κ2) is 6.48. The number of amides is 1. The Balaban J connectivity index is 1.42. The lowest BCUT2D eigenvalue weighted by Gasteiger charge is -2.39. The molecule has 0 N–H and O–H groups in total. The Morgan fingerprint density at radius 3 is 2.72 bits per heavy atom. The quantitative estimate of drug-likeness (QED) is 0.677. The molecule has 3 aromatic rings. The van der Waals surface area contributed by atoms with Crippen LogP contribution in [0.4, 0.5) is 0 Å². The second-order valence-corrected chi connectivity index (χ2v) is 7.28. The summed E-state index contributed by atoms with van der Waals surface area (Å²) >= 11 is 3.40. The van der Waals surface area contributed by atoms with E-state index in [1.54, 1.807) is 10.9 Å². The van der Waals surface area contributed by atoms with Gasteiger partial charge in [0.25, 0.3) is 5.91 Å². The van der Waals surface area contributed by atoms with Crippen molar-refractivity contribution in [1.82, 2.24) is 24.5 Å². The van der Waals surface area contributed by atoms with Crippen LogP contribution in [0.5, 0.6) is 0 Å². The van der Waals surface area contributed by atoms with E-state index < -0.39 is 0 Å². The first-order chi connectivity index (χ1) is 12.1. The maximum Gasteiger partial charge on any atom is 0.272 e. The van der Waals surface area contributed by atoms with Crippen LogP contribution in [0.25, 0.3) is 11.3 Å². The van der Waals surface area contributed by atoms with E-state index in [4.69, 9.17) is 0 Å². The molecular formula is C18H18BrN5O. The molecule has 6 nitrogen and oxygen atoms in total. The molecule has 128 valence electrons. The fraction of sp³-hybridized carbons (Fsp3) is 0.278. The normalized spacial score (nSPS) is 14.6. The van der Waals surface area contributed by atoms with Crippen molar-refractivity contribution >= 4 is 21.8 Å². The summed E-state index contributed by atoms with van der Waals surface area (Å²) < 4.78 is 4.56. The Kier molecular flexibility index (Phi) is 4.17. The molecule has 1 fully saturated rings. The van der Waals surface area contributed by atoms with Gasteiger partial charge in [-0.05, 0) is 22.0 Å². The van der Waals surface area contributed by atoms with E-state index >= 15 is 0 Å². The molecule has 0 radical (unpaired) electrons. The van der Waals surface area contributed by atoms with Crippen LogP contribution in [-0.2, 0) is 13.6 Å². The highest BCUT2D eigenvalue weighted by Crippen LogP contribution is 2.23. The van der Waals surface area contributed by atoms with E-state index in [2.05, 4.69) is 26.1 Å². The number of carbonyl (C=O) groups excluding carboxylic acids is 1. The van der Waals surface area contributed by atoms with Crippen molar-refractivity contribution in [3.63, 3.8) is 0 Å². The van der Waals surface area contributed by atoms with Gasteiger partial charge in [-0.25, -0.2) is 0 Å². The summed E-state index contributed by atoms with van der Waals surface area (Å²) in [6.45, 7) is 2.33. The van der Waals surface area contributed by atoms with Crippen molar-refractivity contribution in [2.24, 2.45) is 13.0 Å². The van der Waals surface area contributed by atoms with Gasteiger partial charge in [-0.15, -0.1) is 0 Å². The maximum atomic E-state index is 12.7. The molecule has 25 heavy (non-hydrogen) atoms. The fourth-order valence-electron chi connectivity index (χ4n) is 3.13. The lowest BCUT2D eigenvalue weighted by molar-refractivity contribution is 0.0450. The predicted octanol–water partition coefficient (Wildman–Crippen LogP) is 2.82. The molecule has 3 heterocycles. The van der Waals surface area contributed by atoms with E-state index in [1.165, 1.54) is 0 Å². The highest BCUT2D eigenvalue weighted by Gasteiger charge is 2.33. The summed E-state index contributed by atoms with van der Waals surface area (Å²) in [5, 5.41) is 8.75. The Morgan fingerprint density at radius 2 is 2.04 bits per heavy atom. The van der Waals surface area contributed by atoms with E-state index in [1.807, 2.05) is 59.2 Å². The maximum absolute atomic E-state index is 12.7. The van der Waals surface area contributed by atoms with E-state index in [9.17, 15) is 4.79 Å². The summed E-state index contributed by atoms with van der Waals surface area (Å²) in [5.41, 5.74) is 2.46. The number of aryl methyl sites for hydroxylation is 1. The van der Waals surface area contributed by atoms with Gasteiger partial charge in [-0.3, -0.25) is 14.2 Å². The van der Waals surface area contributed by atoms with Gasteiger partial charge in [-0.2, -0.15) is 10.2 Å². The molecule has 1 aliphatic rings. The van der Waals surface area contributed by atoms with Gasteiger partial charge in [0.2, 0.25) is 0 Å². The fourth-order valence-corrected chi connectivity index (χ4v) is 3.46. The van der Waals surface area contributed by atoms with Crippen LogP contribution in [0, 0.1) is 5.92 Å². The van der Waals surface area contributed by atoms with Crippen molar-refractivity contribution in [3.8, 4) is 11.3 Å². The summed E-state index contributed by atoms with van der Waals surface area (Å²) in [4.78, 5) is 14.6. The number of halogens is 1. The number of aromatic nitrogens is 4. The van der Waals surface area contributed by atoms with Gasteiger partial charge in [0.05, 0.1) is 16.4 Å². The average molecular weight is 400 g/mol. The SMILES string of the molecule is Cn1nc(-c2ccccc2)cc1C(=O)N1CC(Cn2cc(Br)cn2)C1. The summed E-state index contributed by atoms with van der Waals surface area (Å²) in [6.07, 6.45) is 3.74. The van der Waals surface area contributed by atoms with Gasteiger partial charge in [-0.1, -0.05) is 30.3 Å². The molecular weight excluding hydrogens is 382 g/mol. The number of carbonyl (C=O) groups is 1. The molecule has 0 spiro atoms. The van der Waals surface area contributed by atoms with Crippen LogP contribution >= 0.6 is 15.9 Å². The van der Waals surface area contributed by atoms with Gasteiger partial charge in [0.1, 0.15) is 5.69 Å². The number of hydrogen-bond donors (Lipinski definition) is 0. The minimum absolute atomic E-state index is 0.0371. The number of nitrogens with zero attached hydrogens (tertiary/aromatic N) is 5. The van der Waals surface area contributed by atoms with Gasteiger partial charge in [0.15, 0.2) is 0 Å². The smallest absolute Gasteiger partial charge is 0.272 e. The Morgan fingerprint density at radius 1 is 1.28 bits per heavy atom. The Labute approximate surface area is 154 Å². The van der Waals surface area contributed by atoms with Crippen LogP contribution in [0.15, 0.2) is 53.3 Å². The van der Waals surface area contributed by atoms with Crippen LogP contribution in [-0.4, -0.2) is 43.5 Å². The molecule has 0 aliphatic carbocycles. The van der Waals surface area contributed by atoms with Crippen molar-refractivity contribution < 1.29 is 4.79 Å².